The molecule has 0 bridgehead atoms. The summed E-state index contributed by atoms with van der Waals surface area (Å²) in [7, 11) is 0. The number of hydrogen-bond acceptors (Lipinski definition) is 3. The molecule has 198 valence electrons. The molecule has 0 aliphatic heterocycles. The van der Waals surface area contributed by atoms with Crippen LogP contribution in [0.25, 0.3) is 0 Å². The fourth-order valence-corrected chi connectivity index (χ4v) is 3.54. The number of thioether (sulfide) groups is 1. The van der Waals surface area contributed by atoms with Gasteiger partial charge >= 0.3 is 5.97 Å². The number of carboxylic acid groups (broad SMARTS) is 1. The van der Waals surface area contributed by atoms with Crippen LogP contribution >= 0.6 is 35.0 Å². The summed E-state index contributed by atoms with van der Waals surface area (Å²) in [6.45, 7) is 22.1. The maximum atomic E-state index is 11.3. The van der Waals surface area contributed by atoms with Gasteiger partial charge in [0.1, 0.15) is 4.91 Å². The molecule has 6 heteroatoms. The summed E-state index contributed by atoms with van der Waals surface area (Å²) in [5, 5.41) is 14.1. The molecule has 2 aromatic rings. The van der Waals surface area contributed by atoms with E-state index in [-0.39, 0.29) is 12.0 Å². The number of benzene rings is 2. The minimum atomic E-state index is -0.892. The zero-order valence-electron chi connectivity index (χ0n) is 22.9. The minimum Gasteiger partial charge on any atom is -0.477 e. The summed E-state index contributed by atoms with van der Waals surface area (Å²) in [6, 6.07) is 15.5. The summed E-state index contributed by atoms with van der Waals surface area (Å²) < 4.78 is 0. The van der Waals surface area contributed by atoms with E-state index in [9.17, 15) is 9.90 Å². The third-order valence-corrected chi connectivity index (χ3v) is 5.59. The highest BCUT2D eigenvalue weighted by Crippen LogP contribution is 2.25. The molecule has 0 radical (unpaired) electrons. The van der Waals surface area contributed by atoms with Crippen molar-refractivity contribution in [1.82, 2.24) is 5.32 Å². The van der Waals surface area contributed by atoms with Crippen LogP contribution in [-0.2, 0) is 11.2 Å². The lowest BCUT2D eigenvalue weighted by atomic mass is 10.0. The van der Waals surface area contributed by atoms with Crippen molar-refractivity contribution in [2.75, 3.05) is 6.26 Å². The Hall–Kier alpha value is -1.88. The van der Waals surface area contributed by atoms with Crippen LogP contribution in [0.4, 0.5) is 0 Å². The van der Waals surface area contributed by atoms with Gasteiger partial charge in [0.2, 0.25) is 0 Å². The molecule has 2 rings (SSSR count). The summed E-state index contributed by atoms with van der Waals surface area (Å²) in [6.07, 6.45) is 2.86. The van der Waals surface area contributed by atoms with Crippen LogP contribution in [0.3, 0.4) is 0 Å². The van der Waals surface area contributed by atoms with Gasteiger partial charge in [-0.05, 0) is 60.9 Å². The number of aryl methyl sites for hydroxylation is 1. The molecule has 0 amide bonds. The van der Waals surface area contributed by atoms with Crippen molar-refractivity contribution in [1.29, 1.82) is 0 Å². The van der Waals surface area contributed by atoms with E-state index in [1.54, 1.807) is 6.26 Å². The first-order valence-corrected chi connectivity index (χ1v) is 14.0. The fourth-order valence-electron chi connectivity index (χ4n) is 2.60. The lowest BCUT2D eigenvalue weighted by Crippen LogP contribution is -2.24. The molecule has 0 fully saturated rings. The lowest BCUT2D eigenvalue weighted by molar-refractivity contribution is -0.131. The molecule has 1 atom stereocenters. The van der Waals surface area contributed by atoms with Crippen molar-refractivity contribution in [3.05, 3.63) is 93.5 Å². The zero-order valence-corrected chi connectivity index (χ0v) is 25.2. The van der Waals surface area contributed by atoms with E-state index in [0.717, 1.165) is 22.7 Å². The average molecular weight is 543 g/mol. The Bertz CT molecular complexity index is 820. The number of halogens is 2. The van der Waals surface area contributed by atoms with E-state index < -0.39 is 5.97 Å². The van der Waals surface area contributed by atoms with Crippen LogP contribution in [0.1, 0.15) is 72.6 Å². The first-order valence-electron chi connectivity index (χ1n) is 12.0. The van der Waals surface area contributed by atoms with Gasteiger partial charge in [0.05, 0.1) is 0 Å². The second kappa shape index (κ2) is 23.8. The van der Waals surface area contributed by atoms with Gasteiger partial charge in [0.25, 0.3) is 0 Å². The highest BCUT2D eigenvalue weighted by molar-refractivity contribution is 8.03. The molecule has 1 unspecified atom stereocenters. The van der Waals surface area contributed by atoms with Crippen molar-refractivity contribution in [3.8, 4) is 0 Å². The van der Waals surface area contributed by atoms with Crippen molar-refractivity contribution >= 4 is 40.9 Å². The summed E-state index contributed by atoms with van der Waals surface area (Å²) in [5.41, 5.74) is 3.16. The van der Waals surface area contributed by atoms with E-state index in [1.165, 1.54) is 17.3 Å². The van der Waals surface area contributed by atoms with Gasteiger partial charge in [-0.25, -0.2) is 4.79 Å². The summed E-state index contributed by atoms with van der Waals surface area (Å²) >= 11 is 12.8. The number of rotatable bonds is 7. The standard InChI is InChI=1S/C15H20ClNO2S.C8H9Cl.2C2H6.C2H4/c1-9(2)13(14(20-4)15(18)19)17-10(3)11-5-7-12(16)8-6-11;1-2-7-3-5-8(9)6-4-7;3*1-2/h5-10,17H,1-4H3,(H,18,19);3-6H,2H2,1H3;2*1-2H3;1-2H2/b14-13-;;;;. The largest absolute Gasteiger partial charge is 0.477 e. The van der Waals surface area contributed by atoms with Crippen LogP contribution in [-0.4, -0.2) is 17.3 Å². The number of carbonyl (C=O) groups is 1. The van der Waals surface area contributed by atoms with Crippen LogP contribution < -0.4 is 5.32 Å². The molecule has 0 spiro atoms. The monoisotopic (exact) mass is 541 g/mol. The minimum absolute atomic E-state index is 0.0196. The molecule has 2 aromatic carbocycles. The molecular formula is C29H45Cl2NO2S. The van der Waals surface area contributed by atoms with Crippen molar-refractivity contribution in [3.63, 3.8) is 0 Å². The summed E-state index contributed by atoms with van der Waals surface area (Å²) in [4.78, 5) is 11.7. The Labute approximate surface area is 229 Å². The molecule has 3 nitrogen and oxygen atoms in total. The molecule has 0 aliphatic carbocycles. The third kappa shape index (κ3) is 16.4. The lowest BCUT2D eigenvalue weighted by Gasteiger charge is -2.22. The van der Waals surface area contributed by atoms with Gasteiger partial charge in [-0.15, -0.1) is 24.9 Å². The maximum absolute atomic E-state index is 11.3. The van der Waals surface area contributed by atoms with Gasteiger partial charge in [-0.3, -0.25) is 0 Å². The normalized spacial score (nSPS) is 10.9. The Morgan fingerprint density at radius 2 is 1.31 bits per heavy atom. The zero-order chi connectivity index (χ0) is 28.0. The molecule has 0 aromatic heterocycles. The summed E-state index contributed by atoms with van der Waals surface area (Å²) in [5.74, 6) is -0.777. The Balaban J connectivity index is -0.000000567. The van der Waals surface area contributed by atoms with Gasteiger partial charge in [0.15, 0.2) is 0 Å². The predicted octanol–water partition coefficient (Wildman–Crippen LogP) is 10.1. The number of carboxylic acids is 1. The van der Waals surface area contributed by atoms with Crippen molar-refractivity contribution < 1.29 is 9.90 Å². The molecule has 0 saturated heterocycles. The first-order chi connectivity index (χ1) is 16.7. The molecule has 0 saturated carbocycles. The SMILES string of the molecule is C=C.CC.CC.CCc1ccc(Cl)cc1.CS/C(C(=O)O)=C(\NC(C)c1ccc(Cl)cc1)C(C)C. The van der Waals surface area contributed by atoms with Crippen molar-refractivity contribution in [2.45, 2.75) is 67.9 Å². The first kappa shape index (κ1) is 37.7. The number of allylic oxidation sites excluding steroid dienone is 1. The van der Waals surface area contributed by atoms with Gasteiger partial charge in [-0.2, -0.15) is 0 Å². The molecular weight excluding hydrogens is 497 g/mol. The Morgan fingerprint density at radius 1 is 0.914 bits per heavy atom. The van der Waals surface area contributed by atoms with E-state index in [2.05, 4.69) is 25.4 Å². The topological polar surface area (TPSA) is 49.3 Å². The highest BCUT2D eigenvalue weighted by Gasteiger charge is 2.18. The number of nitrogens with one attached hydrogen (secondary N) is 1. The molecule has 0 heterocycles. The van der Waals surface area contributed by atoms with Crippen LogP contribution in [0.2, 0.25) is 10.0 Å². The quantitative estimate of drug-likeness (QED) is 0.270. The van der Waals surface area contributed by atoms with Gasteiger partial charge < -0.3 is 10.4 Å². The fraction of sp³-hybridized carbons (Fsp3) is 0.414. The van der Waals surface area contributed by atoms with Gasteiger partial charge in [-0.1, -0.05) is 95.9 Å². The predicted molar refractivity (Wildman–Crippen MR) is 161 cm³/mol. The van der Waals surface area contributed by atoms with Crippen LogP contribution in [0.15, 0.2) is 72.3 Å². The highest BCUT2D eigenvalue weighted by atomic mass is 35.5. The number of hydrogen-bond donors (Lipinski definition) is 2. The number of aliphatic carboxylic acids is 1. The van der Waals surface area contributed by atoms with Crippen LogP contribution in [0.5, 0.6) is 0 Å². The average Bonchev–Trinajstić information content (AvgIpc) is 2.88. The van der Waals surface area contributed by atoms with E-state index >= 15 is 0 Å². The maximum Gasteiger partial charge on any atom is 0.343 e. The van der Waals surface area contributed by atoms with Crippen molar-refractivity contribution in [2.24, 2.45) is 5.92 Å². The second-order valence-corrected chi connectivity index (χ2v) is 8.49. The third-order valence-electron chi connectivity index (χ3n) is 4.28. The van der Waals surface area contributed by atoms with E-state index in [0.29, 0.717) is 9.93 Å². The molecule has 0 aliphatic rings. The Morgan fingerprint density at radius 3 is 1.63 bits per heavy atom. The molecule has 35 heavy (non-hydrogen) atoms. The van der Waals surface area contributed by atoms with E-state index in [4.69, 9.17) is 23.2 Å². The smallest absolute Gasteiger partial charge is 0.343 e. The Kier molecular flexibility index (Phi) is 25.7. The molecule has 2 N–H and O–H groups in total. The van der Waals surface area contributed by atoms with E-state index in [1.807, 2.05) is 97.0 Å². The second-order valence-electron chi connectivity index (χ2n) is 6.80. The van der Waals surface area contributed by atoms with Gasteiger partial charge in [0, 0.05) is 21.8 Å². The van der Waals surface area contributed by atoms with Crippen LogP contribution in [0, 0.1) is 5.92 Å².